The summed E-state index contributed by atoms with van der Waals surface area (Å²) in [6.07, 6.45) is 0.954. The van der Waals surface area contributed by atoms with Gasteiger partial charge in [-0.05, 0) is 32.5 Å². The Morgan fingerprint density at radius 3 is 3.06 bits per heavy atom. The van der Waals surface area contributed by atoms with Crippen molar-refractivity contribution in [3.8, 4) is 0 Å². The Balaban J connectivity index is 2.35. The minimum atomic E-state index is -0.270. The highest BCUT2D eigenvalue weighted by molar-refractivity contribution is 5.90. The van der Waals surface area contributed by atoms with Crippen molar-refractivity contribution in [2.75, 3.05) is 20.2 Å². The molecule has 1 aliphatic rings. The minimum absolute atomic E-state index is 0.270. The van der Waals surface area contributed by atoms with Gasteiger partial charge in [0, 0.05) is 25.2 Å². The summed E-state index contributed by atoms with van der Waals surface area (Å²) in [4.78, 5) is 18.5. The first-order valence-electron chi connectivity index (χ1n) is 5.97. The van der Waals surface area contributed by atoms with Crippen LogP contribution < -0.4 is 0 Å². The van der Waals surface area contributed by atoms with Crippen molar-refractivity contribution in [1.82, 2.24) is 9.88 Å². The summed E-state index contributed by atoms with van der Waals surface area (Å²) in [5.41, 5.74) is 3.63. The van der Waals surface area contributed by atoms with Gasteiger partial charge in [-0.3, -0.25) is 4.98 Å². The molecule has 92 valence electrons. The number of hydrogen-bond donors (Lipinski definition) is 0. The second-order valence-corrected chi connectivity index (χ2v) is 4.44. The molecule has 0 amide bonds. The van der Waals surface area contributed by atoms with Crippen molar-refractivity contribution < 1.29 is 9.53 Å². The third kappa shape index (κ3) is 2.47. The second-order valence-electron chi connectivity index (χ2n) is 4.44. The lowest BCUT2D eigenvalue weighted by molar-refractivity contribution is 0.0524. The topological polar surface area (TPSA) is 42.4 Å². The van der Waals surface area contributed by atoms with Crippen LogP contribution in [0.3, 0.4) is 0 Å². The van der Waals surface area contributed by atoms with E-state index in [1.807, 2.05) is 19.9 Å². The smallest absolute Gasteiger partial charge is 0.339 e. The molecular formula is C13H18N2O2. The van der Waals surface area contributed by atoms with E-state index >= 15 is 0 Å². The highest BCUT2D eigenvalue weighted by atomic mass is 16.5. The number of likely N-dealkylation sites (N-methyl/N-ethyl adjacent to an activating group) is 1. The average molecular weight is 234 g/mol. The molecule has 1 aliphatic heterocycles. The fraction of sp³-hybridized carbons (Fsp3) is 0.538. The predicted octanol–water partition coefficient (Wildman–Crippen LogP) is 1.55. The Morgan fingerprint density at radius 2 is 2.35 bits per heavy atom. The first-order chi connectivity index (χ1) is 8.11. The van der Waals surface area contributed by atoms with Gasteiger partial charge in [0.2, 0.25) is 0 Å². The predicted molar refractivity (Wildman–Crippen MR) is 65.0 cm³/mol. The number of hydrogen-bond acceptors (Lipinski definition) is 4. The van der Waals surface area contributed by atoms with E-state index in [4.69, 9.17) is 4.74 Å². The number of nitrogens with zero attached hydrogens (tertiary/aromatic N) is 2. The van der Waals surface area contributed by atoms with E-state index in [0.29, 0.717) is 12.2 Å². The van der Waals surface area contributed by atoms with Crippen molar-refractivity contribution >= 4 is 5.97 Å². The standard InChI is InChI=1S/C13H18N2O2/c1-4-17-13(16)11-7-10-8-15(3)6-5-12(10)14-9(11)2/h7H,4-6,8H2,1-3H3. The molecular weight excluding hydrogens is 216 g/mol. The highest BCUT2D eigenvalue weighted by Crippen LogP contribution is 2.20. The molecule has 4 heteroatoms. The Labute approximate surface area is 102 Å². The molecule has 0 aliphatic carbocycles. The van der Waals surface area contributed by atoms with Gasteiger partial charge in [-0.2, -0.15) is 0 Å². The van der Waals surface area contributed by atoms with Crippen molar-refractivity contribution in [2.45, 2.75) is 26.8 Å². The summed E-state index contributed by atoms with van der Waals surface area (Å²) in [6, 6.07) is 1.94. The quantitative estimate of drug-likeness (QED) is 0.728. The van der Waals surface area contributed by atoms with Gasteiger partial charge in [0.05, 0.1) is 17.9 Å². The molecule has 0 saturated carbocycles. The molecule has 0 spiro atoms. The number of aromatic nitrogens is 1. The summed E-state index contributed by atoms with van der Waals surface area (Å²) in [6.45, 7) is 5.96. The zero-order valence-corrected chi connectivity index (χ0v) is 10.6. The maximum absolute atomic E-state index is 11.8. The van der Waals surface area contributed by atoms with E-state index in [9.17, 15) is 4.79 Å². The van der Waals surface area contributed by atoms with Crippen LogP contribution in [0.5, 0.6) is 0 Å². The molecule has 0 unspecified atom stereocenters. The van der Waals surface area contributed by atoms with E-state index in [-0.39, 0.29) is 5.97 Å². The summed E-state index contributed by atoms with van der Waals surface area (Å²) in [7, 11) is 2.08. The van der Waals surface area contributed by atoms with Crippen molar-refractivity contribution in [1.29, 1.82) is 0 Å². The van der Waals surface area contributed by atoms with Crippen LogP contribution in [0.2, 0.25) is 0 Å². The average Bonchev–Trinajstić information content (AvgIpc) is 2.29. The third-order valence-electron chi connectivity index (χ3n) is 3.05. The van der Waals surface area contributed by atoms with Crippen LogP contribution in [0.4, 0.5) is 0 Å². The Kier molecular flexibility index (Phi) is 3.43. The van der Waals surface area contributed by atoms with Crippen LogP contribution in [0.25, 0.3) is 0 Å². The molecule has 1 aromatic heterocycles. The van der Waals surface area contributed by atoms with Gasteiger partial charge in [-0.25, -0.2) is 4.79 Å². The normalized spacial score (nSPS) is 15.5. The number of ether oxygens (including phenoxy) is 1. The summed E-state index contributed by atoms with van der Waals surface area (Å²) in [5.74, 6) is -0.270. The van der Waals surface area contributed by atoms with Crippen LogP contribution in [0.15, 0.2) is 6.07 Å². The van der Waals surface area contributed by atoms with Gasteiger partial charge < -0.3 is 9.64 Å². The Morgan fingerprint density at radius 1 is 1.59 bits per heavy atom. The number of rotatable bonds is 2. The second kappa shape index (κ2) is 4.84. The van der Waals surface area contributed by atoms with E-state index in [2.05, 4.69) is 16.9 Å². The molecule has 0 saturated heterocycles. The van der Waals surface area contributed by atoms with Gasteiger partial charge in [-0.15, -0.1) is 0 Å². The third-order valence-corrected chi connectivity index (χ3v) is 3.05. The molecule has 0 radical (unpaired) electrons. The molecule has 0 atom stereocenters. The maximum atomic E-state index is 11.8. The zero-order chi connectivity index (χ0) is 12.4. The number of pyridine rings is 1. The minimum Gasteiger partial charge on any atom is -0.462 e. The Hall–Kier alpha value is -1.42. The molecule has 2 rings (SSSR count). The number of esters is 1. The lowest BCUT2D eigenvalue weighted by Gasteiger charge is -2.25. The van der Waals surface area contributed by atoms with Gasteiger partial charge in [-0.1, -0.05) is 0 Å². The van der Waals surface area contributed by atoms with Gasteiger partial charge in [0.25, 0.3) is 0 Å². The lowest BCUT2D eigenvalue weighted by atomic mass is 10.0. The number of aryl methyl sites for hydroxylation is 1. The van der Waals surface area contributed by atoms with Crippen LogP contribution in [-0.2, 0) is 17.7 Å². The zero-order valence-electron chi connectivity index (χ0n) is 10.6. The molecule has 0 aromatic carbocycles. The molecule has 0 bridgehead atoms. The van der Waals surface area contributed by atoms with E-state index in [0.717, 1.165) is 36.5 Å². The molecule has 2 heterocycles. The summed E-state index contributed by atoms with van der Waals surface area (Å²) in [5, 5.41) is 0. The first kappa shape index (κ1) is 12.0. The monoisotopic (exact) mass is 234 g/mol. The van der Waals surface area contributed by atoms with E-state index in [1.54, 1.807) is 0 Å². The molecule has 4 nitrogen and oxygen atoms in total. The largest absolute Gasteiger partial charge is 0.462 e. The van der Waals surface area contributed by atoms with Crippen LogP contribution in [-0.4, -0.2) is 36.1 Å². The lowest BCUT2D eigenvalue weighted by Crippen LogP contribution is -2.28. The Bertz CT molecular complexity index is 443. The number of fused-ring (bicyclic) bond motifs is 1. The maximum Gasteiger partial charge on any atom is 0.339 e. The molecule has 17 heavy (non-hydrogen) atoms. The van der Waals surface area contributed by atoms with Gasteiger partial charge in [0.1, 0.15) is 0 Å². The highest BCUT2D eigenvalue weighted by Gasteiger charge is 2.19. The number of carbonyl (C=O) groups excluding carboxylic acids is 1. The fourth-order valence-electron chi connectivity index (χ4n) is 2.13. The molecule has 0 fully saturated rings. The van der Waals surface area contributed by atoms with Crippen molar-refractivity contribution in [3.05, 3.63) is 28.6 Å². The number of carbonyl (C=O) groups is 1. The summed E-state index contributed by atoms with van der Waals surface area (Å²) < 4.78 is 5.03. The fourth-order valence-corrected chi connectivity index (χ4v) is 2.13. The van der Waals surface area contributed by atoms with Crippen LogP contribution >= 0.6 is 0 Å². The SMILES string of the molecule is CCOC(=O)c1cc2c(nc1C)CCN(C)C2. The van der Waals surface area contributed by atoms with E-state index < -0.39 is 0 Å². The first-order valence-corrected chi connectivity index (χ1v) is 5.97. The van der Waals surface area contributed by atoms with Crippen molar-refractivity contribution in [2.24, 2.45) is 0 Å². The van der Waals surface area contributed by atoms with Crippen LogP contribution in [0, 0.1) is 6.92 Å². The van der Waals surface area contributed by atoms with Gasteiger partial charge >= 0.3 is 5.97 Å². The van der Waals surface area contributed by atoms with Crippen LogP contribution in [0.1, 0.15) is 34.2 Å². The molecule has 0 N–H and O–H groups in total. The van der Waals surface area contributed by atoms with Gasteiger partial charge in [0.15, 0.2) is 0 Å². The molecule has 1 aromatic rings. The summed E-state index contributed by atoms with van der Waals surface area (Å²) >= 11 is 0. The van der Waals surface area contributed by atoms with Crippen molar-refractivity contribution in [3.63, 3.8) is 0 Å². The van der Waals surface area contributed by atoms with E-state index in [1.165, 1.54) is 0 Å².